The van der Waals surface area contributed by atoms with Gasteiger partial charge in [0, 0.05) is 10.7 Å². The maximum absolute atomic E-state index is 12.6. The van der Waals surface area contributed by atoms with Crippen molar-refractivity contribution < 1.29 is 9.53 Å². The molecule has 0 spiro atoms. The molecule has 0 fully saturated rings. The summed E-state index contributed by atoms with van der Waals surface area (Å²) >= 11 is 9.40. The van der Waals surface area contributed by atoms with Crippen LogP contribution in [0.15, 0.2) is 70.7 Å². The molecule has 0 unspecified atom stereocenters. The largest absolute Gasteiger partial charge is 0.488 e. The molecule has 0 saturated carbocycles. The molecule has 0 aliphatic rings. The molecule has 0 aliphatic carbocycles. The van der Waals surface area contributed by atoms with Crippen LogP contribution in [0.5, 0.6) is 5.75 Å². The third-order valence-electron chi connectivity index (χ3n) is 4.79. The molecule has 1 amide bonds. The first-order chi connectivity index (χ1) is 14.9. The molecule has 1 N–H and O–H groups in total. The number of nitriles is 1. The second kappa shape index (κ2) is 10.3. The SMILES string of the molecule is Cc1cccc(NC(=O)/C(C#N)=C/c2ccc(OCc3ccc(Cl)cc3)c(Br)c2)c1C. The van der Waals surface area contributed by atoms with E-state index in [4.69, 9.17) is 16.3 Å². The number of hydrogen-bond donors (Lipinski definition) is 1. The van der Waals surface area contributed by atoms with Crippen LogP contribution in [0.1, 0.15) is 22.3 Å². The standard InChI is InChI=1S/C25H20BrClN2O2/c1-16-4-3-5-23(17(16)2)29-25(30)20(14-28)12-19-8-11-24(22(26)13-19)31-15-18-6-9-21(27)10-7-18/h3-13H,15H2,1-2H3,(H,29,30)/b20-12+. The quantitative estimate of drug-likeness (QED) is 0.301. The van der Waals surface area contributed by atoms with E-state index in [9.17, 15) is 10.1 Å². The van der Waals surface area contributed by atoms with Crippen molar-refractivity contribution in [2.75, 3.05) is 5.32 Å². The van der Waals surface area contributed by atoms with Crippen molar-refractivity contribution in [3.8, 4) is 11.8 Å². The Kier molecular flexibility index (Phi) is 7.51. The number of nitrogens with zero attached hydrogens (tertiary/aromatic N) is 1. The van der Waals surface area contributed by atoms with Gasteiger partial charge in [-0.2, -0.15) is 5.26 Å². The molecule has 0 saturated heterocycles. The molecule has 3 rings (SSSR count). The number of halogens is 2. The minimum Gasteiger partial charge on any atom is -0.488 e. The smallest absolute Gasteiger partial charge is 0.266 e. The van der Waals surface area contributed by atoms with Crippen molar-refractivity contribution >= 4 is 45.2 Å². The molecule has 0 aromatic heterocycles. The Balaban J connectivity index is 1.72. The van der Waals surface area contributed by atoms with Gasteiger partial charge in [0.05, 0.1) is 4.47 Å². The molecular formula is C25H20BrClN2O2. The Morgan fingerprint density at radius 1 is 1.16 bits per heavy atom. The monoisotopic (exact) mass is 494 g/mol. The predicted molar refractivity (Wildman–Crippen MR) is 128 cm³/mol. The van der Waals surface area contributed by atoms with Crippen LogP contribution in [0.3, 0.4) is 0 Å². The van der Waals surface area contributed by atoms with Gasteiger partial charge >= 0.3 is 0 Å². The summed E-state index contributed by atoms with van der Waals surface area (Å²) in [6.45, 7) is 4.30. The lowest BCUT2D eigenvalue weighted by atomic mass is 10.1. The highest BCUT2D eigenvalue weighted by molar-refractivity contribution is 9.10. The summed E-state index contributed by atoms with van der Waals surface area (Å²) in [4.78, 5) is 12.6. The lowest BCUT2D eigenvalue weighted by Crippen LogP contribution is -2.14. The van der Waals surface area contributed by atoms with E-state index in [-0.39, 0.29) is 5.57 Å². The number of carbonyl (C=O) groups excluding carboxylic acids is 1. The fraction of sp³-hybridized carbons (Fsp3) is 0.120. The molecule has 0 aliphatic heterocycles. The van der Waals surface area contributed by atoms with Gasteiger partial charge in [0.2, 0.25) is 0 Å². The lowest BCUT2D eigenvalue weighted by molar-refractivity contribution is -0.112. The van der Waals surface area contributed by atoms with Crippen molar-refractivity contribution in [3.05, 3.63) is 98.0 Å². The van der Waals surface area contributed by atoms with Gasteiger partial charge in [-0.15, -0.1) is 0 Å². The summed E-state index contributed by atoms with van der Waals surface area (Å²) < 4.78 is 6.57. The van der Waals surface area contributed by atoms with Gasteiger partial charge in [0.25, 0.3) is 5.91 Å². The molecule has 0 radical (unpaired) electrons. The van der Waals surface area contributed by atoms with Gasteiger partial charge in [-0.1, -0.05) is 41.9 Å². The first kappa shape index (κ1) is 22.6. The molecule has 156 valence electrons. The van der Waals surface area contributed by atoms with E-state index in [0.29, 0.717) is 28.6 Å². The third-order valence-corrected chi connectivity index (χ3v) is 5.66. The normalized spacial score (nSPS) is 11.0. The van der Waals surface area contributed by atoms with Crippen LogP contribution in [0, 0.1) is 25.2 Å². The van der Waals surface area contributed by atoms with Crippen LogP contribution in [0.2, 0.25) is 5.02 Å². The van der Waals surface area contributed by atoms with Crippen LogP contribution in [-0.4, -0.2) is 5.91 Å². The highest BCUT2D eigenvalue weighted by atomic mass is 79.9. The molecule has 0 atom stereocenters. The Hall–Kier alpha value is -3.07. The number of benzene rings is 3. The van der Waals surface area contributed by atoms with Crippen molar-refractivity contribution in [2.24, 2.45) is 0 Å². The average molecular weight is 496 g/mol. The maximum atomic E-state index is 12.6. The molecule has 3 aromatic rings. The van der Waals surface area contributed by atoms with Crippen LogP contribution >= 0.6 is 27.5 Å². The number of carbonyl (C=O) groups is 1. The van der Waals surface area contributed by atoms with Gasteiger partial charge in [0.1, 0.15) is 24.0 Å². The second-order valence-electron chi connectivity index (χ2n) is 6.98. The average Bonchev–Trinajstić information content (AvgIpc) is 2.75. The van der Waals surface area contributed by atoms with Crippen molar-refractivity contribution in [3.63, 3.8) is 0 Å². The molecule has 3 aromatic carbocycles. The van der Waals surface area contributed by atoms with E-state index in [1.165, 1.54) is 0 Å². The molecule has 31 heavy (non-hydrogen) atoms. The molecule has 0 heterocycles. The first-order valence-electron chi connectivity index (χ1n) is 9.53. The number of rotatable bonds is 6. The zero-order valence-corrected chi connectivity index (χ0v) is 19.4. The van der Waals surface area contributed by atoms with Crippen molar-refractivity contribution in [1.82, 2.24) is 0 Å². The fourth-order valence-electron chi connectivity index (χ4n) is 2.86. The molecular weight excluding hydrogens is 476 g/mol. The molecule has 0 bridgehead atoms. The number of aryl methyl sites for hydroxylation is 1. The van der Waals surface area contributed by atoms with E-state index in [1.54, 1.807) is 24.3 Å². The zero-order valence-electron chi connectivity index (χ0n) is 17.1. The second-order valence-corrected chi connectivity index (χ2v) is 8.27. The Bertz CT molecular complexity index is 1180. The predicted octanol–water partition coefficient (Wildman–Crippen LogP) is 6.84. The molecule has 4 nitrogen and oxygen atoms in total. The van der Waals surface area contributed by atoms with Gasteiger partial charge < -0.3 is 10.1 Å². The van der Waals surface area contributed by atoms with Crippen LogP contribution in [0.25, 0.3) is 6.08 Å². The van der Waals surface area contributed by atoms with Gasteiger partial charge in [-0.25, -0.2) is 0 Å². The van der Waals surface area contributed by atoms with Crippen molar-refractivity contribution in [2.45, 2.75) is 20.5 Å². The highest BCUT2D eigenvalue weighted by Crippen LogP contribution is 2.28. The zero-order chi connectivity index (χ0) is 22.4. The topological polar surface area (TPSA) is 62.1 Å². The van der Waals surface area contributed by atoms with Gasteiger partial charge in [0.15, 0.2) is 0 Å². The number of amides is 1. The third kappa shape index (κ3) is 5.97. The minimum atomic E-state index is -0.449. The number of anilines is 1. The van der Waals surface area contributed by atoms with E-state index >= 15 is 0 Å². The number of ether oxygens (including phenoxy) is 1. The van der Waals surface area contributed by atoms with E-state index in [2.05, 4.69) is 21.2 Å². The first-order valence-corrected chi connectivity index (χ1v) is 10.7. The number of nitrogens with one attached hydrogen (secondary N) is 1. The van der Waals surface area contributed by atoms with Gasteiger partial charge in [-0.3, -0.25) is 4.79 Å². The summed E-state index contributed by atoms with van der Waals surface area (Å²) in [5, 5.41) is 13.0. The Morgan fingerprint density at radius 3 is 2.58 bits per heavy atom. The molecule has 6 heteroatoms. The van der Waals surface area contributed by atoms with Crippen LogP contribution < -0.4 is 10.1 Å². The lowest BCUT2D eigenvalue weighted by Gasteiger charge is -2.10. The summed E-state index contributed by atoms with van der Waals surface area (Å²) in [7, 11) is 0. The fourth-order valence-corrected chi connectivity index (χ4v) is 3.49. The summed E-state index contributed by atoms with van der Waals surface area (Å²) in [5.74, 6) is 0.209. The Morgan fingerprint density at radius 2 is 1.90 bits per heavy atom. The maximum Gasteiger partial charge on any atom is 0.266 e. The minimum absolute atomic E-state index is 0.0163. The summed E-state index contributed by atoms with van der Waals surface area (Å²) in [6.07, 6.45) is 1.55. The summed E-state index contributed by atoms with van der Waals surface area (Å²) in [5.41, 5.74) is 4.45. The van der Waals surface area contributed by atoms with Gasteiger partial charge in [-0.05, 0) is 88.4 Å². The van der Waals surface area contributed by atoms with E-state index < -0.39 is 5.91 Å². The van der Waals surface area contributed by atoms with Crippen LogP contribution in [-0.2, 0) is 11.4 Å². The Labute approximate surface area is 195 Å². The van der Waals surface area contributed by atoms with Crippen LogP contribution in [0.4, 0.5) is 5.69 Å². The van der Waals surface area contributed by atoms with E-state index in [1.807, 2.05) is 62.4 Å². The van der Waals surface area contributed by atoms with Crippen molar-refractivity contribution in [1.29, 1.82) is 5.26 Å². The number of hydrogen-bond acceptors (Lipinski definition) is 3. The van der Waals surface area contributed by atoms with E-state index in [0.717, 1.165) is 21.2 Å². The summed E-state index contributed by atoms with van der Waals surface area (Å²) in [6, 6.07) is 20.5. The highest BCUT2D eigenvalue weighted by Gasteiger charge is 2.12.